The first-order valence-corrected chi connectivity index (χ1v) is 10.1. The highest BCUT2D eigenvalue weighted by molar-refractivity contribution is 7.89. The van der Waals surface area contributed by atoms with E-state index in [1.54, 1.807) is 17.0 Å². The molecule has 1 fully saturated rings. The van der Waals surface area contributed by atoms with E-state index >= 15 is 0 Å². The lowest BCUT2D eigenvalue weighted by atomic mass is 10.1. The smallest absolute Gasteiger partial charge is 0.253 e. The summed E-state index contributed by atoms with van der Waals surface area (Å²) in [6.45, 7) is 2.69. The summed E-state index contributed by atoms with van der Waals surface area (Å²) in [5.74, 6) is -2.46. The second kappa shape index (κ2) is 7.74. The first-order chi connectivity index (χ1) is 12.8. The maximum Gasteiger partial charge on any atom is 0.253 e. The standard InChI is InChI=1S/C19H20F2N2O3S/c1-2-14-3-5-15(6-4-14)19(24)22-9-11-23(12-10-22)27(25,26)16-7-8-17(20)18(21)13-16/h3-8,13H,2,9-12H2,1H3. The van der Waals surface area contributed by atoms with E-state index in [-0.39, 0.29) is 37.0 Å². The summed E-state index contributed by atoms with van der Waals surface area (Å²) in [5, 5.41) is 0. The Morgan fingerprint density at radius 3 is 2.15 bits per heavy atom. The molecular formula is C19H20F2N2O3S. The van der Waals surface area contributed by atoms with Crippen molar-refractivity contribution in [2.24, 2.45) is 0 Å². The monoisotopic (exact) mass is 394 g/mol. The van der Waals surface area contributed by atoms with Crippen molar-refractivity contribution in [1.29, 1.82) is 0 Å². The van der Waals surface area contributed by atoms with Crippen molar-refractivity contribution in [2.45, 2.75) is 18.2 Å². The molecule has 27 heavy (non-hydrogen) atoms. The number of nitrogens with zero attached hydrogens (tertiary/aromatic N) is 2. The SMILES string of the molecule is CCc1ccc(C(=O)N2CCN(S(=O)(=O)c3ccc(F)c(F)c3)CC2)cc1. The van der Waals surface area contributed by atoms with Crippen LogP contribution in [-0.2, 0) is 16.4 Å². The topological polar surface area (TPSA) is 57.7 Å². The number of carbonyl (C=O) groups is 1. The molecule has 1 amide bonds. The highest BCUT2D eigenvalue weighted by atomic mass is 32.2. The van der Waals surface area contributed by atoms with E-state index in [0.29, 0.717) is 11.6 Å². The molecule has 1 heterocycles. The Morgan fingerprint density at radius 1 is 0.963 bits per heavy atom. The van der Waals surface area contributed by atoms with Gasteiger partial charge in [-0.2, -0.15) is 4.31 Å². The summed E-state index contributed by atoms with van der Waals surface area (Å²) in [4.78, 5) is 13.9. The molecule has 144 valence electrons. The van der Waals surface area contributed by atoms with Crippen LogP contribution in [0.15, 0.2) is 47.4 Å². The minimum atomic E-state index is -3.94. The molecule has 0 unspecified atom stereocenters. The van der Waals surface area contributed by atoms with Crippen LogP contribution in [0.3, 0.4) is 0 Å². The number of rotatable bonds is 4. The molecule has 8 heteroatoms. The van der Waals surface area contributed by atoms with E-state index in [1.165, 1.54) is 4.31 Å². The van der Waals surface area contributed by atoms with Gasteiger partial charge in [0.25, 0.3) is 5.91 Å². The third-order valence-electron chi connectivity index (χ3n) is 4.66. The van der Waals surface area contributed by atoms with Crippen LogP contribution in [0.5, 0.6) is 0 Å². The number of sulfonamides is 1. The first-order valence-electron chi connectivity index (χ1n) is 8.66. The molecule has 5 nitrogen and oxygen atoms in total. The summed E-state index contributed by atoms with van der Waals surface area (Å²) in [5.41, 5.74) is 1.69. The fourth-order valence-electron chi connectivity index (χ4n) is 2.98. The Bertz CT molecular complexity index is 938. The minimum Gasteiger partial charge on any atom is -0.336 e. The third kappa shape index (κ3) is 4.01. The van der Waals surface area contributed by atoms with Crippen LogP contribution in [0.4, 0.5) is 8.78 Å². The van der Waals surface area contributed by atoms with Gasteiger partial charge in [-0.15, -0.1) is 0 Å². The molecule has 1 saturated heterocycles. The van der Waals surface area contributed by atoms with Crippen LogP contribution in [-0.4, -0.2) is 49.7 Å². The summed E-state index contributed by atoms with van der Waals surface area (Å²) in [6.07, 6.45) is 0.884. The van der Waals surface area contributed by atoms with Gasteiger partial charge in [0.1, 0.15) is 0 Å². The number of piperazine rings is 1. The fourth-order valence-corrected chi connectivity index (χ4v) is 4.42. The first kappa shape index (κ1) is 19.4. The van der Waals surface area contributed by atoms with Crippen LogP contribution < -0.4 is 0 Å². The van der Waals surface area contributed by atoms with Gasteiger partial charge in [0, 0.05) is 31.7 Å². The van der Waals surface area contributed by atoms with Crippen molar-refractivity contribution in [3.05, 3.63) is 65.2 Å². The van der Waals surface area contributed by atoms with Gasteiger partial charge in [0.15, 0.2) is 11.6 Å². The molecule has 1 aliphatic heterocycles. The molecule has 0 bridgehead atoms. The molecule has 0 aliphatic carbocycles. The lowest BCUT2D eigenvalue weighted by Gasteiger charge is -2.34. The molecule has 2 aromatic rings. The predicted molar refractivity (Wildman–Crippen MR) is 96.8 cm³/mol. The molecule has 0 atom stereocenters. The van der Waals surface area contributed by atoms with Crippen molar-refractivity contribution >= 4 is 15.9 Å². The van der Waals surface area contributed by atoms with E-state index in [4.69, 9.17) is 0 Å². The number of carbonyl (C=O) groups excluding carboxylic acids is 1. The normalized spacial score (nSPS) is 15.7. The van der Waals surface area contributed by atoms with E-state index in [0.717, 1.165) is 24.1 Å². The van der Waals surface area contributed by atoms with Gasteiger partial charge >= 0.3 is 0 Å². The van der Waals surface area contributed by atoms with Crippen molar-refractivity contribution in [2.75, 3.05) is 26.2 Å². The Kier molecular flexibility index (Phi) is 5.57. The number of amides is 1. The second-order valence-corrected chi connectivity index (χ2v) is 8.26. The van der Waals surface area contributed by atoms with Gasteiger partial charge in [-0.1, -0.05) is 19.1 Å². The molecule has 3 rings (SSSR count). The van der Waals surface area contributed by atoms with Crippen LogP contribution in [0.25, 0.3) is 0 Å². The summed E-state index contributed by atoms with van der Waals surface area (Å²) >= 11 is 0. The number of hydrogen-bond acceptors (Lipinski definition) is 3. The zero-order valence-electron chi connectivity index (χ0n) is 14.9. The van der Waals surface area contributed by atoms with Gasteiger partial charge < -0.3 is 4.90 Å². The summed E-state index contributed by atoms with van der Waals surface area (Å²) < 4.78 is 52.8. The van der Waals surface area contributed by atoms with Crippen molar-refractivity contribution in [3.63, 3.8) is 0 Å². The number of halogens is 2. The summed E-state index contributed by atoms with van der Waals surface area (Å²) in [6, 6.07) is 9.85. The number of aryl methyl sites for hydroxylation is 1. The van der Waals surface area contributed by atoms with Crippen LogP contribution >= 0.6 is 0 Å². The number of benzene rings is 2. The van der Waals surface area contributed by atoms with Gasteiger partial charge in [-0.05, 0) is 42.3 Å². The van der Waals surface area contributed by atoms with Crippen molar-refractivity contribution in [3.8, 4) is 0 Å². The van der Waals surface area contributed by atoms with E-state index < -0.39 is 21.7 Å². The van der Waals surface area contributed by atoms with Gasteiger partial charge in [-0.25, -0.2) is 17.2 Å². The van der Waals surface area contributed by atoms with Crippen LogP contribution in [0.1, 0.15) is 22.8 Å². The molecule has 0 spiro atoms. The Hall–Kier alpha value is -2.32. The van der Waals surface area contributed by atoms with E-state index in [9.17, 15) is 22.0 Å². The Morgan fingerprint density at radius 2 is 1.59 bits per heavy atom. The largest absolute Gasteiger partial charge is 0.336 e. The molecule has 1 aliphatic rings. The minimum absolute atomic E-state index is 0.0973. The van der Waals surface area contributed by atoms with Gasteiger partial charge in [0.2, 0.25) is 10.0 Å². The third-order valence-corrected chi connectivity index (χ3v) is 6.56. The van der Waals surface area contributed by atoms with Gasteiger partial charge in [-0.3, -0.25) is 4.79 Å². The average Bonchev–Trinajstić information content (AvgIpc) is 2.69. The van der Waals surface area contributed by atoms with Crippen molar-refractivity contribution < 1.29 is 22.0 Å². The van der Waals surface area contributed by atoms with E-state index in [2.05, 4.69) is 0 Å². The predicted octanol–water partition coefficient (Wildman–Crippen LogP) is 2.67. The van der Waals surface area contributed by atoms with Crippen LogP contribution in [0.2, 0.25) is 0 Å². The van der Waals surface area contributed by atoms with Crippen molar-refractivity contribution in [1.82, 2.24) is 9.21 Å². The highest BCUT2D eigenvalue weighted by Gasteiger charge is 2.31. The summed E-state index contributed by atoms with van der Waals surface area (Å²) in [7, 11) is -3.94. The zero-order valence-corrected chi connectivity index (χ0v) is 15.7. The van der Waals surface area contributed by atoms with Crippen LogP contribution in [0, 0.1) is 11.6 Å². The second-order valence-electron chi connectivity index (χ2n) is 6.32. The van der Waals surface area contributed by atoms with Gasteiger partial charge in [0.05, 0.1) is 4.90 Å². The lowest BCUT2D eigenvalue weighted by Crippen LogP contribution is -2.50. The van der Waals surface area contributed by atoms with E-state index in [1.807, 2.05) is 19.1 Å². The fraction of sp³-hybridized carbons (Fsp3) is 0.316. The lowest BCUT2D eigenvalue weighted by molar-refractivity contribution is 0.0698. The molecule has 0 N–H and O–H groups in total. The quantitative estimate of drug-likeness (QED) is 0.801. The number of hydrogen-bond donors (Lipinski definition) is 0. The molecule has 0 saturated carbocycles. The molecule has 0 radical (unpaired) electrons. The molecule has 2 aromatic carbocycles. The maximum atomic E-state index is 13.4. The Balaban J connectivity index is 1.68. The molecule has 0 aromatic heterocycles. The zero-order chi connectivity index (χ0) is 19.6. The maximum absolute atomic E-state index is 13.4. The molecular weight excluding hydrogens is 374 g/mol. The highest BCUT2D eigenvalue weighted by Crippen LogP contribution is 2.20. The Labute approximate surface area is 157 Å². The average molecular weight is 394 g/mol.